The van der Waals surface area contributed by atoms with E-state index in [-0.39, 0.29) is 11.2 Å². The van der Waals surface area contributed by atoms with Crippen LogP contribution in [0.5, 0.6) is 0 Å². The van der Waals surface area contributed by atoms with E-state index in [0.29, 0.717) is 5.17 Å². The van der Waals surface area contributed by atoms with Crippen molar-refractivity contribution in [3.8, 4) is 0 Å². The summed E-state index contributed by atoms with van der Waals surface area (Å²) in [7, 11) is 0. The Morgan fingerprint density at radius 2 is 2.07 bits per heavy atom. The van der Waals surface area contributed by atoms with E-state index in [1.54, 1.807) is 0 Å². The first-order valence-electron chi connectivity index (χ1n) is 4.37. The molecule has 1 aliphatic rings. The average molecular weight is 206 g/mol. The van der Waals surface area contributed by atoms with Gasteiger partial charge < -0.3 is 5.32 Å². The largest absolute Gasteiger partial charge is 0.304 e. The van der Waals surface area contributed by atoms with E-state index >= 15 is 0 Å². The van der Waals surface area contributed by atoms with Crippen LogP contribution in [0.4, 0.5) is 5.69 Å². The number of nitrogens with one attached hydrogen (secondary N) is 1. The summed E-state index contributed by atoms with van der Waals surface area (Å²) >= 11 is 1.46. The third-order valence-electron chi connectivity index (χ3n) is 1.87. The van der Waals surface area contributed by atoms with Crippen molar-refractivity contribution in [3.05, 3.63) is 30.3 Å². The van der Waals surface area contributed by atoms with Gasteiger partial charge in [-0.05, 0) is 19.1 Å². The van der Waals surface area contributed by atoms with Gasteiger partial charge in [-0.2, -0.15) is 0 Å². The van der Waals surface area contributed by atoms with Gasteiger partial charge in [0.15, 0.2) is 5.17 Å². The molecule has 0 spiro atoms. The highest BCUT2D eigenvalue weighted by atomic mass is 32.2. The van der Waals surface area contributed by atoms with Crippen molar-refractivity contribution >= 4 is 28.5 Å². The molecular weight excluding hydrogens is 196 g/mol. The van der Waals surface area contributed by atoms with Crippen molar-refractivity contribution in [2.45, 2.75) is 12.2 Å². The molecule has 3 nitrogen and oxygen atoms in total. The molecule has 72 valence electrons. The zero-order chi connectivity index (χ0) is 9.97. The molecule has 0 saturated carbocycles. The van der Waals surface area contributed by atoms with E-state index in [4.69, 9.17) is 0 Å². The first kappa shape index (κ1) is 9.27. The fourth-order valence-corrected chi connectivity index (χ4v) is 1.95. The predicted octanol–water partition coefficient (Wildman–Crippen LogP) is 1.93. The molecule has 1 unspecified atom stereocenters. The van der Waals surface area contributed by atoms with Crippen molar-refractivity contribution in [2.75, 3.05) is 0 Å². The second kappa shape index (κ2) is 3.84. The molecular formula is C10H10N2OS. The van der Waals surface area contributed by atoms with E-state index in [9.17, 15) is 4.79 Å². The van der Waals surface area contributed by atoms with Crippen LogP contribution in [-0.4, -0.2) is 16.3 Å². The van der Waals surface area contributed by atoms with Crippen molar-refractivity contribution in [2.24, 2.45) is 4.99 Å². The summed E-state index contributed by atoms with van der Waals surface area (Å²) in [6.45, 7) is 1.87. The third-order valence-corrected chi connectivity index (χ3v) is 2.86. The minimum atomic E-state index is -0.0301. The third kappa shape index (κ3) is 1.96. The van der Waals surface area contributed by atoms with Crippen molar-refractivity contribution in [1.29, 1.82) is 0 Å². The summed E-state index contributed by atoms with van der Waals surface area (Å²) in [5, 5.41) is 3.38. The summed E-state index contributed by atoms with van der Waals surface area (Å²) < 4.78 is 0. The maximum absolute atomic E-state index is 11.2. The van der Waals surface area contributed by atoms with Crippen molar-refractivity contribution < 1.29 is 4.79 Å². The number of hydrogen-bond donors (Lipinski definition) is 1. The molecule has 1 fully saturated rings. The quantitative estimate of drug-likeness (QED) is 0.762. The molecule has 1 aliphatic heterocycles. The monoisotopic (exact) mass is 206 g/mol. The molecule has 1 atom stereocenters. The normalized spacial score (nSPS) is 23.9. The van der Waals surface area contributed by atoms with Crippen molar-refractivity contribution in [1.82, 2.24) is 5.32 Å². The summed E-state index contributed by atoms with van der Waals surface area (Å²) in [6, 6.07) is 9.59. The van der Waals surface area contributed by atoms with Gasteiger partial charge in [0.2, 0.25) is 5.91 Å². The first-order chi connectivity index (χ1) is 6.75. The molecule has 4 heteroatoms. The lowest BCUT2D eigenvalue weighted by Gasteiger charge is -1.95. The number of amides is 1. The number of rotatable bonds is 1. The molecule has 0 bridgehead atoms. The highest BCUT2D eigenvalue weighted by Crippen LogP contribution is 2.21. The molecule has 1 N–H and O–H groups in total. The van der Waals surface area contributed by atoms with Crippen molar-refractivity contribution in [3.63, 3.8) is 0 Å². The molecule has 14 heavy (non-hydrogen) atoms. The molecule has 1 amide bonds. The zero-order valence-electron chi connectivity index (χ0n) is 7.73. The van der Waals surface area contributed by atoms with Gasteiger partial charge in [0.05, 0.1) is 10.9 Å². The van der Waals surface area contributed by atoms with Gasteiger partial charge in [-0.15, -0.1) is 0 Å². The lowest BCUT2D eigenvalue weighted by Crippen LogP contribution is -2.23. The average Bonchev–Trinajstić information content (AvgIpc) is 2.47. The topological polar surface area (TPSA) is 41.5 Å². The lowest BCUT2D eigenvalue weighted by molar-refractivity contribution is -0.118. The number of benzene rings is 1. The fraction of sp³-hybridized carbons (Fsp3) is 0.200. The number of carbonyl (C=O) groups is 1. The highest BCUT2D eigenvalue weighted by molar-refractivity contribution is 8.15. The molecule has 1 aromatic rings. The summed E-state index contributed by atoms with van der Waals surface area (Å²) in [5.74, 6) is 0.0321. The van der Waals surface area contributed by atoms with Crippen LogP contribution >= 0.6 is 11.8 Å². The highest BCUT2D eigenvalue weighted by Gasteiger charge is 2.25. The van der Waals surface area contributed by atoms with E-state index in [1.165, 1.54) is 11.8 Å². The van der Waals surface area contributed by atoms with Gasteiger partial charge in [0.25, 0.3) is 0 Å². The minimum Gasteiger partial charge on any atom is -0.304 e. The van der Waals surface area contributed by atoms with Gasteiger partial charge in [0.1, 0.15) is 0 Å². The summed E-state index contributed by atoms with van der Waals surface area (Å²) in [4.78, 5) is 15.5. The minimum absolute atomic E-state index is 0.0301. The molecule has 1 heterocycles. The maximum Gasteiger partial charge on any atom is 0.239 e. The van der Waals surface area contributed by atoms with Gasteiger partial charge >= 0.3 is 0 Å². The SMILES string of the molecule is CC1SC(=Nc2ccccc2)NC1=O. The molecule has 0 radical (unpaired) electrons. The second-order valence-electron chi connectivity index (χ2n) is 3.00. The lowest BCUT2D eigenvalue weighted by atomic mass is 10.3. The Bertz CT molecular complexity index is 375. The Balaban J connectivity index is 2.17. The maximum atomic E-state index is 11.2. The zero-order valence-corrected chi connectivity index (χ0v) is 8.54. The van der Waals surface area contributed by atoms with Gasteiger partial charge in [0, 0.05) is 0 Å². The number of carbonyl (C=O) groups excluding carboxylic acids is 1. The molecule has 1 saturated heterocycles. The smallest absolute Gasteiger partial charge is 0.239 e. The fourth-order valence-electron chi connectivity index (χ4n) is 1.13. The van der Waals surface area contributed by atoms with E-state index in [2.05, 4.69) is 10.3 Å². The standard InChI is InChI=1S/C10H10N2OS/c1-7-9(13)12-10(14-7)11-8-5-3-2-4-6-8/h2-7H,1H3,(H,11,12,13). The van der Waals surface area contributed by atoms with Crippen LogP contribution in [0.25, 0.3) is 0 Å². The van der Waals surface area contributed by atoms with Crippen LogP contribution in [-0.2, 0) is 4.79 Å². The number of nitrogens with zero attached hydrogens (tertiary/aromatic N) is 1. The van der Waals surface area contributed by atoms with Crippen LogP contribution in [0.2, 0.25) is 0 Å². The van der Waals surface area contributed by atoms with Crippen LogP contribution in [0.1, 0.15) is 6.92 Å². The molecule has 1 aromatic carbocycles. The Kier molecular flexibility index (Phi) is 2.54. The summed E-state index contributed by atoms with van der Waals surface area (Å²) in [5.41, 5.74) is 0.865. The van der Waals surface area contributed by atoms with E-state index in [1.807, 2.05) is 37.3 Å². The number of para-hydroxylation sites is 1. The number of thioether (sulfide) groups is 1. The van der Waals surface area contributed by atoms with Gasteiger partial charge in [-0.3, -0.25) is 4.79 Å². The Morgan fingerprint density at radius 3 is 2.64 bits per heavy atom. The first-order valence-corrected chi connectivity index (χ1v) is 5.25. The molecule has 2 rings (SSSR count). The van der Waals surface area contributed by atoms with E-state index < -0.39 is 0 Å². The van der Waals surface area contributed by atoms with Gasteiger partial charge in [-0.25, -0.2) is 4.99 Å². The second-order valence-corrected chi connectivity index (χ2v) is 4.33. The Morgan fingerprint density at radius 1 is 1.36 bits per heavy atom. The van der Waals surface area contributed by atoms with E-state index in [0.717, 1.165) is 5.69 Å². The molecule has 0 aromatic heterocycles. The van der Waals surface area contributed by atoms with Crippen LogP contribution in [0.3, 0.4) is 0 Å². The number of aliphatic imine (C=N–C) groups is 1. The van der Waals surface area contributed by atoms with Crippen LogP contribution < -0.4 is 5.32 Å². The number of hydrogen-bond acceptors (Lipinski definition) is 3. The van der Waals surface area contributed by atoms with Crippen LogP contribution in [0, 0.1) is 0 Å². The Hall–Kier alpha value is -1.29. The Labute approximate surface area is 86.6 Å². The predicted molar refractivity (Wildman–Crippen MR) is 58.7 cm³/mol. The van der Waals surface area contributed by atoms with Crippen LogP contribution in [0.15, 0.2) is 35.3 Å². The molecule has 0 aliphatic carbocycles. The summed E-state index contributed by atoms with van der Waals surface area (Å²) in [6.07, 6.45) is 0. The number of amidine groups is 1. The van der Waals surface area contributed by atoms with Gasteiger partial charge in [-0.1, -0.05) is 30.0 Å².